The van der Waals surface area contributed by atoms with Crippen molar-refractivity contribution in [2.45, 2.75) is 6.10 Å². The van der Waals surface area contributed by atoms with Crippen molar-refractivity contribution in [3.8, 4) is 0 Å². The molecule has 1 unspecified atom stereocenters. The average Bonchev–Trinajstić information content (AvgIpc) is 2.72. The minimum Gasteiger partial charge on any atom is -0.472 e. The van der Waals surface area contributed by atoms with Gasteiger partial charge in [0.05, 0.1) is 12.5 Å². The molecule has 4 heteroatoms. The maximum Gasteiger partial charge on any atom is 0.169 e. The monoisotopic (exact) mass is 242 g/mol. The van der Waals surface area contributed by atoms with Gasteiger partial charge in [0.2, 0.25) is 0 Å². The van der Waals surface area contributed by atoms with Gasteiger partial charge in [0, 0.05) is 5.56 Å². The summed E-state index contributed by atoms with van der Waals surface area (Å²) in [7, 11) is 0. The molecule has 0 aromatic carbocycles. The van der Waals surface area contributed by atoms with Crippen molar-refractivity contribution in [1.29, 1.82) is 0 Å². The molecule has 2 aromatic rings. The van der Waals surface area contributed by atoms with E-state index in [4.69, 9.17) is 8.83 Å². The normalized spacial score (nSPS) is 13.1. The Morgan fingerprint density at radius 1 is 1.31 bits per heavy atom. The molecular weight excluding hydrogens is 236 g/mol. The third kappa shape index (κ3) is 1.68. The lowest BCUT2D eigenvalue weighted by Crippen LogP contribution is -1.94. The molecule has 0 radical (unpaired) electrons. The molecule has 1 N–H and O–H groups in total. The summed E-state index contributed by atoms with van der Waals surface area (Å²) >= 11 is 3.16. The Morgan fingerprint density at radius 3 is 2.69 bits per heavy atom. The number of aliphatic hydroxyl groups is 1. The highest BCUT2D eigenvalue weighted by atomic mass is 79.9. The van der Waals surface area contributed by atoms with Crippen LogP contribution in [0.5, 0.6) is 0 Å². The first kappa shape index (κ1) is 8.59. The van der Waals surface area contributed by atoms with E-state index >= 15 is 0 Å². The van der Waals surface area contributed by atoms with Gasteiger partial charge < -0.3 is 13.9 Å². The first-order valence-electron chi connectivity index (χ1n) is 3.73. The summed E-state index contributed by atoms with van der Waals surface area (Å²) in [4.78, 5) is 0. The van der Waals surface area contributed by atoms with Gasteiger partial charge in [-0.05, 0) is 34.1 Å². The number of aliphatic hydroxyl groups excluding tert-OH is 1. The number of halogens is 1. The summed E-state index contributed by atoms with van der Waals surface area (Å²) in [5, 5.41) is 9.72. The van der Waals surface area contributed by atoms with Crippen LogP contribution in [0.2, 0.25) is 0 Å². The van der Waals surface area contributed by atoms with Gasteiger partial charge in [-0.1, -0.05) is 0 Å². The molecule has 0 spiro atoms. The van der Waals surface area contributed by atoms with Gasteiger partial charge in [-0.25, -0.2) is 0 Å². The van der Waals surface area contributed by atoms with E-state index in [0.717, 1.165) is 0 Å². The van der Waals surface area contributed by atoms with Crippen LogP contribution in [-0.2, 0) is 0 Å². The highest BCUT2D eigenvalue weighted by Crippen LogP contribution is 2.25. The highest BCUT2D eigenvalue weighted by Gasteiger charge is 2.14. The van der Waals surface area contributed by atoms with Crippen LogP contribution in [0.1, 0.15) is 17.4 Å². The summed E-state index contributed by atoms with van der Waals surface area (Å²) in [6, 6.07) is 5.14. The van der Waals surface area contributed by atoms with Crippen LogP contribution in [0.3, 0.4) is 0 Å². The Kier molecular flexibility index (Phi) is 2.24. The smallest absolute Gasteiger partial charge is 0.169 e. The summed E-state index contributed by atoms with van der Waals surface area (Å²) in [6.45, 7) is 0. The summed E-state index contributed by atoms with van der Waals surface area (Å²) in [5.74, 6) is 0.494. The van der Waals surface area contributed by atoms with Gasteiger partial charge in [-0.2, -0.15) is 0 Å². The number of rotatable bonds is 2. The molecule has 0 bridgehead atoms. The van der Waals surface area contributed by atoms with E-state index in [0.29, 0.717) is 16.0 Å². The van der Waals surface area contributed by atoms with E-state index < -0.39 is 6.10 Å². The van der Waals surface area contributed by atoms with Crippen molar-refractivity contribution < 1.29 is 13.9 Å². The second-order valence-corrected chi connectivity index (χ2v) is 3.38. The average molecular weight is 243 g/mol. The number of hydrogen-bond acceptors (Lipinski definition) is 3. The molecule has 0 fully saturated rings. The zero-order valence-corrected chi connectivity index (χ0v) is 8.19. The second kappa shape index (κ2) is 3.40. The zero-order chi connectivity index (χ0) is 9.26. The Labute approximate surface area is 83.1 Å². The summed E-state index contributed by atoms with van der Waals surface area (Å²) in [6.07, 6.45) is 2.24. The lowest BCUT2D eigenvalue weighted by atomic mass is 10.1. The maximum absolute atomic E-state index is 9.72. The van der Waals surface area contributed by atoms with Crippen LogP contribution in [0.4, 0.5) is 0 Å². The SMILES string of the molecule is OC(c1ccoc1)c1ccc(Br)o1. The molecule has 0 aliphatic heterocycles. The first-order chi connectivity index (χ1) is 6.27. The fourth-order valence-corrected chi connectivity index (χ4v) is 1.39. The molecule has 0 saturated heterocycles. The number of furan rings is 2. The third-order valence-corrected chi connectivity index (χ3v) is 2.15. The molecular formula is C9H7BrO3. The van der Waals surface area contributed by atoms with Gasteiger partial charge in [0.15, 0.2) is 4.67 Å². The Bertz CT molecular complexity index is 377. The van der Waals surface area contributed by atoms with Crippen LogP contribution in [0.15, 0.2) is 44.2 Å². The van der Waals surface area contributed by atoms with Gasteiger partial charge in [-0.15, -0.1) is 0 Å². The van der Waals surface area contributed by atoms with Crippen LogP contribution >= 0.6 is 15.9 Å². The minimum atomic E-state index is -0.759. The topological polar surface area (TPSA) is 46.5 Å². The maximum atomic E-state index is 9.72. The molecule has 2 rings (SSSR count). The second-order valence-electron chi connectivity index (χ2n) is 2.60. The van der Waals surface area contributed by atoms with E-state index in [1.165, 1.54) is 12.5 Å². The molecule has 0 amide bonds. The van der Waals surface area contributed by atoms with Gasteiger partial charge in [0.1, 0.15) is 11.9 Å². The van der Waals surface area contributed by atoms with E-state index in [1.54, 1.807) is 18.2 Å². The molecule has 2 heterocycles. The van der Waals surface area contributed by atoms with Crippen molar-refractivity contribution >= 4 is 15.9 Å². The van der Waals surface area contributed by atoms with Crippen molar-refractivity contribution in [2.24, 2.45) is 0 Å². The van der Waals surface area contributed by atoms with Crippen molar-refractivity contribution in [1.82, 2.24) is 0 Å². The van der Waals surface area contributed by atoms with Crippen LogP contribution in [-0.4, -0.2) is 5.11 Å². The Hall–Kier alpha value is -1.000. The van der Waals surface area contributed by atoms with E-state index in [2.05, 4.69) is 15.9 Å². The van der Waals surface area contributed by atoms with Crippen molar-refractivity contribution in [3.05, 3.63) is 46.7 Å². The molecule has 13 heavy (non-hydrogen) atoms. The van der Waals surface area contributed by atoms with E-state index in [-0.39, 0.29) is 0 Å². The van der Waals surface area contributed by atoms with Crippen molar-refractivity contribution in [3.63, 3.8) is 0 Å². The lowest BCUT2D eigenvalue weighted by molar-refractivity contribution is 0.187. The van der Waals surface area contributed by atoms with Crippen LogP contribution in [0.25, 0.3) is 0 Å². The largest absolute Gasteiger partial charge is 0.472 e. The minimum absolute atomic E-state index is 0.494. The fraction of sp³-hybridized carbons (Fsp3) is 0.111. The molecule has 1 atom stereocenters. The van der Waals surface area contributed by atoms with Crippen LogP contribution < -0.4 is 0 Å². The molecule has 0 saturated carbocycles. The van der Waals surface area contributed by atoms with E-state index in [1.807, 2.05) is 0 Å². The Balaban J connectivity index is 2.28. The summed E-state index contributed by atoms with van der Waals surface area (Å²) in [5.41, 5.74) is 0.682. The van der Waals surface area contributed by atoms with Crippen molar-refractivity contribution in [2.75, 3.05) is 0 Å². The van der Waals surface area contributed by atoms with Gasteiger partial charge in [-0.3, -0.25) is 0 Å². The number of hydrogen-bond donors (Lipinski definition) is 1. The first-order valence-corrected chi connectivity index (χ1v) is 4.52. The van der Waals surface area contributed by atoms with Gasteiger partial charge in [0.25, 0.3) is 0 Å². The highest BCUT2D eigenvalue weighted by molar-refractivity contribution is 9.10. The zero-order valence-electron chi connectivity index (χ0n) is 6.61. The summed E-state index contributed by atoms with van der Waals surface area (Å²) < 4.78 is 10.6. The molecule has 3 nitrogen and oxygen atoms in total. The predicted molar refractivity (Wildman–Crippen MR) is 49.2 cm³/mol. The molecule has 68 valence electrons. The van der Waals surface area contributed by atoms with Crippen LogP contribution in [0, 0.1) is 0 Å². The lowest BCUT2D eigenvalue weighted by Gasteiger charge is -2.02. The van der Waals surface area contributed by atoms with Gasteiger partial charge >= 0.3 is 0 Å². The fourth-order valence-electron chi connectivity index (χ4n) is 1.07. The predicted octanol–water partition coefficient (Wildman–Crippen LogP) is 2.72. The molecule has 0 aliphatic rings. The quantitative estimate of drug-likeness (QED) is 0.881. The molecule has 0 aliphatic carbocycles. The Morgan fingerprint density at radius 2 is 2.15 bits per heavy atom. The van der Waals surface area contributed by atoms with E-state index in [9.17, 15) is 5.11 Å². The third-order valence-electron chi connectivity index (χ3n) is 1.72. The molecule has 2 aromatic heterocycles. The standard InChI is InChI=1S/C9H7BrO3/c10-8-2-1-7(13-8)9(11)6-3-4-12-5-6/h1-5,9,11H.